The molecule has 0 saturated heterocycles. The number of carboxylic acid groups (broad SMARTS) is 1. The maximum absolute atomic E-state index is 11.7. The van der Waals surface area contributed by atoms with Crippen LogP contribution in [0.25, 0.3) is 0 Å². The van der Waals surface area contributed by atoms with E-state index in [9.17, 15) is 9.59 Å². The molecule has 0 bridgehead atoms. The molecule has 4 nitrogen and oxygen atoms in total. The molecular weight excluding hydrogens is 206 g/mol. The fourth-order valence-corrected chi connectivity index (χ4v) is 1.22. The van der Waals surface area contributed by atoms with E-state index >= 15 is 0 Å². The third-order valence-corrected chi connectivity index (χ3v) is 2.59. The van der Waals surface area contributed by atoms with Gasteiger partial charge in [-0.15, -0.1) is 0 Å². The molecule has 1 amide bonds. The van der Waals surface area contributed by atoms with Crippen molar-refractivity contribution in [2.75, 3.05) is 5.32 Å². The van der Waals surface area contributed by atoms with Crippen LogP contribution in [0, 0.1) is 11.8 Å². The molecule has 2 atom stereocenters. The molecule has 0 aliphatic carbocycles. The standard InChI is InChI=1S/C12H15NO3/c1-8(9(2)12(15)16)11(14)13-10-6-4-3-5-7-10/h3-9H,1-2H3,(H,13,14)(H,15,16)/t8-,9+/m1/s1. The van der Waals surface area contributed by atoms with Gasteiger partial charge in [0.15, 0.2) is 0 Å². The van der Waals surface area contributed by atoms with Crippen molar-refractivity contribution in [1.29, 1.82) is 0 Å². The SMILES string of the molecule is C[C@H](C(=O)O)[C@@H](C)C(=O)Nc1ccccc1. The summed E-state index contributed by atoms with van der Waals surface area (Å²) in [7, 11) is 0. The Morgan fingerprint density at radius 2 is 1.69 bits per heavy atom. The van der Waals surface area contributed by atoms with Crippen LogP contribution in [-0.2, 0) is 9.59 Å². The second-order valence-electron chi connectivity index (χ2n) is 3.77. The summed E-state index contributed by atoms with van der Waals surface area (Å²) in [5.41, 5.74) is 0.678. The highest BCUT2D eigenvalue weighted by Gasteiger charge is 2.25. The van der Waals surface area contributed by atoms with E-state index in [-0.39, 0.29) is 5.91 Å². The summed E-state index contributed by atoms with van der Waals surface area (Å²) in [5.74, 6) is -2.49. The number of carbonyl (C=O) groups is 2. The number of benzene rings is 1. The van der Waals surface area contributed by atoms with E-state index < -0.39 is 17.8 Å². The lowest BCUT2D eigenvalue weighted by atomic mass is 9.95. The normalized spacial score (nSPS) is 13.9. The molecule has 1 rings (SSSR count). The Morgan fingerprint density at radius 1 is 1.12 bits per heavy atom. The van der Waals surface area contributed by atoms with Crippen molar-refractivity contribution in [3.05, 3.63) is 30.3 Å². The Bertz CT molecular complexity index is 375. The lowest BCUT2D eigenvalue weighted by Crippen LogP contribution is -2.29. The van der Waals surface area contributed by atoms with Gasteiger partial charge in [0.05, 0.1) is 5.92 Å². The van der Waals surface area contributed by atoms with Gasteiger partial charge in [-0.25, -0.2) is 0 Å². The Balaban J connectivity index is 2.63. The van der Waals surface area contributed by atoms with Crippen LogP contribution in [-0.4, -0.2) is 17.0 Å². The molecule has 0 spiro atoms. The van der Waals surface area contributed by atoms with Crippen LogP contribution in [0.5, 0.6) is 0 Å². The number of carbonyl (C=O) groups excluding carboxylic acids is 1. The van der Waals surface area contributed by atoms with E-state index in [2.05, 4.69) is 5.32 Å². The molecule has 0 saturated carbocycles. The van der Waals surface area contributed by atoms with Crippen molar-refractivity contribution in [1.82, 2.24) is 0 Å². The molecule has 0 heterocycles. The van der Waals surface area contributed by atoms with Gasteiger partial charge in [0.2, 0.25) is 5.91 Å². The molecule has 0 aromatic heterocycles. The zero-order valence-electron chi connectivity index (χ0n) is 9.31. The summed E-state index contributed by atoms with van der Waals surface area (Å²) in [6, 6.07) is 8.98. The molecule has 0 aliphatic rings. The lowest BCUT2D eigenvalue weighted by molar-refractivity contribution is -0.145. The second kappa shape index (κ2) is 5.30. The molecular formula is C12H15NO3. The summed E-state index contributed by atoms with van der Waals surface area (Å²) in [6.07, 6.45) is 0. The molecule has 1 aromatic carbocycles. The Labute approximate surface area is 94.3 Å². The quantitative estimate of drug-likeness (QED) is 0.817. The first kappa shape index (κ1) is 12.2. The van der Waals surface area contributed by atoms with Crippen LogP contribution in [0.15, 0.2) is 30.3 Å². The van der Waals surface area contributed by atoms with Crippen molar-refractivity contribution >= 4 is 17.6 Å². The summed E-state index contributed by atoms with van der Waals surface area (Å²) < 4.78 is 0. The largest absolute Gasteiger partial charge is 0.481 e. The smallest absolute Gasteiger partial charge is 0.307 e. The first-order valence-electron chi connectivity index (χ1n) is 5.11. The van der Waals surface area contributed by atoms with E-state index in [0.29, 0.717) is 5.69 Å². The van der Waals surface area contributed by atoms with Gasteiger partial charge in [0, 0.05) is 11.6 Å². The Kier molecular flexibility index (Phi) is 4.05. The molecule has 0 aliphatic heterocycles. The Morgan fingerprint density at radius 3 is 2.19 bits per heavy atom. The van der Waals surface area contributed by atoms with Crippen molar-refractivity contribution < 1.29 is 14.7 Å². The molecule has 2 N–H and O–H groups in total. The molecule has 0 fully saturated rings. The highest BCUT2D eigenvalue weighted by Crippen LogP contribution is 2.14. The number of aliphatic carboxylic acids is 1. The van der Waals surface area contributed by atoms with Gasteiger partial charge < -0.3 is 10.4 Å². The second-order valence-corrected chi connectivity index (χ2v) is 3.77. The maximum atomic E-state index is 11.7. The maximum Gasteiger partial charge on any atom is 0.307 e. The average molecular weight is 221 g/mol. The molecule has 16 heavy (non-hydrogen) atoms. The van der Waals surface area contributed by atoms with Crippen LogP contribution in [0.4, 0.5) is 5.69 Å². The monoisotopic (exact) mass is 221 g/mol. The van der Waals surface area contributed by atoms with Gasteiger partial charge in [-0.3, -0.25) is 9.59 Å². The van der Waals surface area contributed by atoms with Crippen LogP contribution in [0.2, 0.25) is 0 Å². The summed E-state index contributed by atoms with van der Waals surface area (Å²) in [6.45, 7) is 3.13. The van der Waals surface area contributed by atoms with Crippen molar-refractivity contribution in [3.8, 4) is 0 Å². The van der Waals surface area contributed by atoms with E-state index in [1.54, 1.807) is 31.2 Å². The molecule has 86 valence electrons. The van der Waals surface area contributed by atoms with Gasteiger partial charge in [-0.2, -0.15) is 0 Å². The number of carboxylic acids is 1. The minimum absolute atomic E-state index is 0.277. The number of hydrogen-bond acceptors (Lipinski definition) is 2. The fraction of sp³-hybridized carbons (Fsp3) is 0.333. The van der Waals surface area contributed by atoms with Gasteiger partial charge in [-0.1, -0.05) is 32.0 Å². The lowest BCUT2D eigenvalue weighted by Gasteiger charge is -2.15. The summed E-state index contributed by atoms with van der Waals surface area (Å²) >= 11 is 0. The minimum atomic E-state index is -0.962. The van der Waals surface area contributed by atoms with Crippen LogP contribution in [0.1, 0.15) is 13.8 Å². The number of para-hydroxylation sites is 1. The van der Waals surface area contributed by atoms with Gasteiger partial charge >= 0.3 is 5.97 Å². The third kappa shape index (κ3) is 3.08. The van der Waals surface area contributed by atoms with Gasteiger partial charge in [0.25, 0.3) is 0 Å². The highest BCUT2D eigenvalue weighted by atomic mass is 16.4. The number of hydrogen-bond donors (Lipinski definition) is 2. The van der Waals surface area contributed by atoms with Gasteiger partial charge in [0.1, 0.15) is 0 Å². The summed E-state index contributed by atoms with van der Waals surface area (Å²) in [4.78, 5) is 22.4. The van der Waals surface area contributed by atoms with Crippen molar-refractivity contribution in [2.24, 2.45) is 11.8 Å². The number of rotatable bonds is 4. The highest BCUT2D eigenvalue weighted by molar-refractivity contribution is 5.94. The van der Waals surface area contributed by atoms with E-state index in [4.69, 9.17) is 5.11 Å². The first-order valence-corrected chi connectivity index (χ1v) is 5.11. The zero-order chi connectivity index (χ0) is 12.1. The predicted octanol–water partition coefficient (Wildman–Crippen LogP) is 1.98. The van der Waals surface area contributed by atoms with E-state index in [1.165, 1.54) is 6.92 Å². The Hall–Kier alpha value is -1.84. The topological polar surface area (TPSA) is 66.4 Å². The van der Waals surface area contributed by atoms with Crippen molar-refractivity contribution in [3.63, 3.8) is 0 Å². The molecule has 0 unspecified atom stereocenters. The van der Waals surface area contributed by atoms with Crippen LogP contribution < -0.4 is 5.32 Å². The number of nitrogens with one attached hydrogen (secondary N) is 1. The zero-order valence-corrected chi connectivity index (χ0v) is 9.31. The van der Waals surface area contributed by atoms with E-state index in [0.717, 1.165) is 0 Å². The van der Waals surface area contributed by atoms with Gasteiger partial charge in [-0.05, 0) is 12.1 Å². The molecule has 0 radical (unpaired) electrons. The van der Waals surface area contributed by atoms with Crippen LogP contribution >= 0.6 is 0 Å². The third-order valence-electron chi connectivity index (χ3n) is 2.59. The van der Waals surface area contributed by atoms with Crippen LogP contribution in [0.3, 0.4) is 0 Å². The van der Waals surface area contributed by atoms with Crippen molar-refractivity contribution in [2.45, 2.75) is 13.8 Å². The average Bonchev–Trinajstić information content (AvgIpc) is 2.28. The first-order chi connectivity index (χ1) is 7.52. The predicted molar refractivity (Wildman–Crippen MR) is 61.0 cm³/mol. The van der Waals surface area contributed by atoms with E-state index in [1.807, 2.05) is 6.07 Å². The minimum Gasteiger partial charge on any atom is -0.481 e. The number of amides is 1. The molecule has 1 aromatic rings. The number of anilines is 1. The summed E-state index contributed by atoms with van der Waals surface area (Å²) in [5, 5.41) is 11.5. The molecule has 4 heteroatoms. The fourth-order valence-electron chi connectivity index (χ4n) is 1.22.